The van der Waals surface area contributed by atoms with Crippen LogP contribution in [0.2, 0.25) is 0 Å². The Morgan fingerprint density at radius 3 is 2.27 bits per heavy atom. The first-order valence-electron chi connectivity index (χ1n) is 10.4. The Labute approximate surface area is 177 Å². The highest BCUT2D eigenvalue weighted by Gasteiger charge is 2.32. The number of fused-ring (bicyclic) bond motifs is 3. The van der Waals surface area contributed by atoms with Crippen LogP contribution in [-0.4, -0.2) is 32.7 Å². The molecule has 0 saturated carbocycles. The molecule has 4 nitrogen and oxygen atoms in total. The van der Waals surface area contributed by atoms with Gasteiger partial charge in [0.05, 0.1) is 13.2 Å². The van der Waals surface area contributed by atoms with Crippen molar-refractivity contribution >= 4 is 16.6 Å². The number of hydrogen-bond donors (Lipinski definition) is 2. The van der Waals surface area contributed by atoms with E-state index in [-0.39, 0.29) is 6.04 Å². The molecule has 2 atom stereocenters. The highest BCUT2D eigenvalue weighted by Crippen LogP contribution is 2.41. The normalized spacial score (nSPS) is 18.2. The maximum Gasteiger partial charge on any atom is 0.118 e. The van der Waals surface area contributed by atoms with E-state index < -0.39 is 0 Å². The molecule has 0 amide bonds. The number of rotatable bonds is 4. The van der Waals surface area contributed by atoms with Crippen molar-refractivity contribution in [3.05, 3.63) is 95.2 Å². The molecule has 1 aliphatic heterocycles. The van der Waals surface area contributed by atoms with Gasteiger partial charge in [-0.15, -0.1) is 0 Å². The quantitative estimate of drug-likeness (QED) is 0.505. The number of nitrogens with zero attached hydrogens (tertiary/aromatic N) is 1. The Kier molecular flexibility index (Phi) is 4.72. The van der Waals surface area contributed by atoms with Crippen molar-refractivity contribution in [2.24, 2.45) is 0 Å². The van der Waals surface area contributed by atoms with E-state index in [1.54, 1.807) is 7.11 Å². The maximum atomic E-state index is 5.34. The zero-order valence-electron chi connectivity index (χ0n) is 17.6. The van der Waals surface area contributed by atoms with Crippen LogP contribution in [0, 0.1) is 0 Å². The van der Waals surface area contributed by atoms with E-state index >= 15 is 0 Å². The average molecular weight is 398 g/mol. The molecule has 0 radical (unpaired) electrons. The number of H-pyrrole nitrogens is 1. The summed E-state index contributed by atoms with van der Waals surface area (Å²) in [6.07, 6.45) is 0. The number of aromatic nitrogens is 1. The predicted molar refractivity (Wildman–Crippen MR) is 124 cm³/mol. The minimum Gasteiger partial charge on any atom is -0.497 e. The molecule has 3 aromatic carbocycles. The van der Waals surface area contributed by atoms with E-state index in [1.807, 2.05) is 12.1 Å². The van der Waals surface area contributed by atoms with Crippen LogP contribution in [0.5, 0.6) is 5.75 Å². The van der Waals surface area contributed by atoms with Crippen molar-refractivity contribution in [1.29, 1.82) is 0 Å². The number of para-hydroxylation sites is 1. The monoisotopic (exact) mass is 397 g/mol. The van der Waals surface area contributed by atoms with Crippen LogP contribution in [0.1, 0.15) is 34.3 Å². The zero-order valence-corrected chi connectivity index (χ0v) is 17.6. The number of ether oxygens (including phenoxy) is 1. The summed E-state index contributed by atoms with van der Waals surface area (Å²) in [4.78, 5) is 5.86. The van der Waals surface area contributed by atoms with Crippen LogP contribution in [0.15, 0.2) is 72.8 Å². The third-order valence-corrected chi connectivity index (χ3v) is 6.20. The Hall–Kier alpha value is -3.24. The molecular formula is C26H27N3O. The number of hydrogen-bond acceptors (Lipinski definition) is 3. The van der Waals surface area contributed by atoms with Gasteiger partial charge in [-0.3, -0.25) is 0 Å². The third-order valence-electron chi connectivity index (χ3n) is 6.20. The minimum atomic E-state index is 0.135. The van der Waals surface area contributed by atoms with Gasteiger partial charge in [0.1, 0.15) is 5.75 Å². The molecule has 0 spiro atoms. The third kappa shape index (κ3) is 3.14. The van der Waals surface area contributed by atoms with Crippen LogP contribution in [0.3, 0.4) is 0 Å². The lowest BCUT2D eigenvalue weighted by Gasteiger charge is -2.31. The van der Waals surface area contributed by atoms with E-state index in [4.69, 9.17) is 4.74 Å². The van der Waals surface area contributed by atoms with E-state index in [2.05, 4.69) is 90.0 Å². The van der Waals surface area contributed by atoms with Gasteiger partial charge in [0.25, 0.3) is 0 Å². The molecule has 0 saturated heterocycles. The minimum absolute atomic E-state index is 0.135. The number of aromatic amines is 1. The lowest BCUT2D eigenvalue weighted by atomic mass is 9.83. The molecule has 4 aromatic rings. The first-order valence-corrected chi connectivity index (χ1v) is 10.4. The fourth-order valence-corrected chi connectivity index (χ4v) is 4.60. The summed E-state index contributed by atoms with van der Waals surface area (Å²) in [6, 6.07) is 26.1. The molecule has 2 heterocycles. The van der Waals surface area contributed by atoms with Gasteiger partial charge in [0, 0.05) is 48.8 Å². The van der Waals surface area contributed by atoms with Gasteiger partial charge in [-0.05, 0) is 47.0 Å². The molecule has 5 rings (SSSR count). The summed E-state index contributed by atoms with van der Waals surface area (Å²) in [7, 11) is 5.86. The van der Waals surface area contributed by atoms with Gasteiger partial charge < -0.3 is 19.9 Å². The summed E-state index contributed by atoms with van der Waals surface area (Å²) < 4.78 is 5.34. The first-order chi connectivity index (χ1) is 14.7. The summed E-state index contributed by atoms with van der Waals surface area (Å²) in [5.41, 5.74) is 7.66. The van der Waals surface area contributed by atoms with E-state index in [9.17, 15) is 0 Å². The average Bonchev–Trinajstić information content (AvgIpc) is 3.18. The van der Waals surface area contributed by atoms with Gasteiger partial charge in [0.2, 0.25) is 0 Å². The zero-order chi connectivity index (χ0) is 20.7. The van der Waals surface area contributed by atoms with Crippen molar-refractivity contribution in [2.75, 3.05) is 32.6 Å². The van der Waals surface area contributed by atoms with Crippen molar-refractivity contribution in [3.8, 4) is 5.75 Å². The Bertz CT molecular complexity index is 1160. The van der Waals surface area contributed by atoms with Crippen LogP contribution < -0.4 is 15.0 Å². The fourth-order valence-electron chi connectivity index (χ4n) is 4.60. The molecule has 4 heteroatoms. The number of methoxy groups -OCH3 is 1. The largest absolute Gasteiger partial charge is 0.497 e. The number of anilines is 1. The highest BCUT2D eigenvalue weighted by atomic mass is 16.5. The van der Waals surface area contributed by atoms with Crippen molar-refractivity contribution in [1.82, 2.24) is 10.3 Å². The van der Waals surface area contributed by atoms with Crippen LogP contribution in [-0.2, 0) is 0 Å². The van der Waals surface area contributed by atoms with Crippen molar-refractivity contribution in [3.63, 3.8) is 0 Å². The summed E-state index contributed by atoms with van der Waals surface area (Å²) >= 11 is 0. The Balaban J connectivity index is 1.61. The molecule has 0 bridgehead atoms. The Morgan fingerprint density at radius 2 is 1.57 bits per heavy atom. The second-order valence-electron chi connectivity index (χ2n) is 8.15. The molecule has 1 aliphatic rings. The summed E-state index contributed by atoms with van der Waals surface area (Å²) in [5.74, 6) is 1.19. The second kappa shape index (κ2) is 7.54. The van der Waals surface area contributed by atoms with E-state index in [0.29, 0.717) is 5.92 Å². The highest BCUT2D eigenvalue weighted by molar-refractivity contribution is 5.86. The van der Waals surface area contributed by atoms with Gasteiger partial charge >= 0.3 is 0 Å². The van der Waals surface area contributed by atoms with E-state index in [1.165, 1.54) is 39.0 Å². The predicted octanol–water partition coefficient (Wildman–Crippen LogP) is 5.07. The summed E-state index contributed by atoms with van der Waals surface area (Å²) in [6.45, 7) is 0.896. The van der Waals surface area contributed by atoms with Crippen LogP contribution in [0.4, 0.5) is 5.69 Å². The standard InChI is InChI=1S/C26H27N3O/c1-29(2)19-12-8-17(9-13-19)22-16-27-25(18-10-14-20(30-3)15-11-18)26-24(22)21-6-4-5-7-23(21)28-26/h4-15,22,25,27-28H,16H2,1-3H3/t22-,25-/m1/s1. The Morgan fingerprint density at radius 1 is 0.867 bits per heavy atom. The molecule has 1 aromatic heterocycles. The molecule has 0 unspecified atom stereocenters. The van der Waals surface area contributed by atoms with Gasteiger partial charge in [-0.2, -0.15) is 0 Å². The molecule has 30 heavy (non-hydrogen) atoms. The number of nitrogens with one attached hydrogen (secondary N) is 2. The molecule has 152 valence electrons. The van der Waals surface area contributed by atoms with Crippen molar-refractivity contribution in [2.45, 2.75) is 12.0 Å². The van der Waals surface area contributed by atoms with Gasteiger partial charge in [0.15, 0.2) is 0 Å². The smallest absolute Gasteiger partial charge is 0.118 e. The topological polar surface area (TPSA) is 40.3 Å². The van der Waals surface area contributed by atoms with Gasteiger partial charge in [-0.25, -0.2) is 0 Å². The lowest BCUT2D eigenvalue weighted by Crippen LogP contribution is -2.34. The van der Waals surface area contributed by atoms with Gasteiger partial charge in [-0.1, -0.05) is 42.5 Å². The summed E-state index contributed by atoms with van der Waals surface area (Å²) in [5, 5.41) is 5.11. The number of benzene rings is 3. The van der Waals surface area contributed by atoms with Crippen LogP contribution in [0.25, 0.3) is 10.9 Å². The SMILES string of the molecule is COc1ccc([C@H]2NC[C@H](c3ccc(N(C)C)cc3)c3c2[nH]c2ccccc32)cc1. The van der Waals surface area contributed by atoms with Crippen LogP contribution >= 0.6 is 0 Å². The first kappa shape index (κ1) is 18.8. The fraction of sp³-hybridized carbons (Fsp3) is 0.231. The maximum absolute atomic E-state index is 5.34. The second-order valence-corrected chi connectivity index (χ2v) is 8.15. The van der Waals surface area contributed by atoms with Crippen molar-refractivity contribution < 1.29 is 4.74 Å². The molecule has 0 aliphatic carbocycles. The molecule has 2 N–H and O–H groups in total. The van der Waals surface area contributed by atoms with E-state index in [0.717, 1.165) is 12.3 Å². The lowest BCUT2D eigenvalue weighted by molar-refractivity contribution is 0.414. The molecular weight excluding hydrogens is 370 g/mol. The molecule has 0 fully saturated rings.